The summed E-state index contributed by atoms with van der Waals surface area (Å²) in [6.07, 6.45) is 3.28. The Hall–Kier alpha value is -3.24. The summed E-state index contributed by atoms with van der Waals surface area (Å²) in [5.74, 6) is -0.0408. The Bertz CT molecular complexity index is 1240. The number of rotatable bonds is 7. The Morgan fingerprint density at radius 3 is 2.60 bits per heavy atom. The first-order valence-electron chi connectivity index (χ1n) is 8.81. The highest BCUT2D eigenvalue weighted by Crippen LogP contribution is 2.27. The molecule has 0 aliphatic rings. The first-order valence-corrected chi connectivity index (χ1v) is 11.1. The average molecular weight is 446 g/mol. The van der Waals surface area contributed by atoms with E-state index in [1.165, 1.54) is 26.0 Å². The van der Waals surface area contributed by atoms with Crippen LogP contribution in [0.15, 0.2) is 45.1 Å². The Kier molecular flexibility index (Phi) is 6.18. The zero-order chi connectivity index (χ0) is 21.9. The molecule has 0 bridgehead atoms. The minimum absolute atomic E-state index is 0.117. The summed E-state index contributed by atoms with van der Waals surface area (Å²) in [7, 11) is -3.81. The van der Waals surface area contributed by atoms with Crippen LogP contribution in [0.2, 0.25) is 0 Å². The molecule has 2 N–H and O–H groups in total. The number of nitrogens with zero attached hydrogens (tertiary/aromatic N) is 1. The second kappa shape index (κ2) is 8.64. The van der Waals surface area contributed by atoms with Crippen LogP contribution in [0.1, 0.15) is 40.5 Å². The van der Waals surface area contributed by atoms with Crippen molar-refractivity contribution in [2.75, 3.05) is 10.0 Å². The smallest absolute Gasteiger partial charge is 0.271 e. The summed E-state index contributed by atoms with van der Waals surface area (Å²) in [5.41, 5.74) is 1.74. The number of hydrogen-bond acceptors (Lipinski definition) is 7. The molecular formula is C20H19N3O5S2. The van der Waals surface area contributed by atoms with Gasteiger partial charge in [0.15, 0.2) is 11.5 Å². The number of nitrogens with one attached hydrogen (secondary N) is 2. The van der Waals surface area contributed by atoms with Crippen LogP contribution < -0.4 is 10.0 Å². The van der Waals surface area contributed by atoms with Crippen LogP contribution in [0.25, 0.3) is 12.2 Å². The maximum absolute atomic E-state index is 12.7. The van der Waals surface area contributed by atoms with Crippen LogP contribution in [0.3, 0.4) is 0 Å². The Balaban J connectivity index is 1.79. The molecule has 0 aliphatic carbocycles. The van der Waals surface area contributed by atoms with Gasteiger partial charge < -0.3 is 9.84 Å². The number of thiophene rings is 1. The van der Waals surface area contributed by atoms with Gasteiger partial charge in [-0.1, -0.05) is 17.3 Å². The van der Waals surface area contributed by atoms with E-state index < -0.39 is 10.0 Å². The predicted molar refractivity (Wildman–Crippen MR) is 116 cm³/mol. The van der Waals surface area contributed by atoms with Gasteiger partial charge in [0.1, 0.15) is 15.6 Å². The Morgan fingerprint density at radius 2 is 1.90 bits per heavy atom. The monoisotopic (exact) mass is 445 g/mol. The van der Waals surface area contributed by atoms with E-state index in [2.05, 4.69) is 15.2 Å². The van der Waals surface area contributed by atoms with E-state index in [1.54, 1.807) is 43.3 Å². The summed E-state index contributed by atoms with van der Waals surface area (Å²) in [4.78, 5) is 23.5. The highest BCUT2D eigenvalue weighted by atomic mass is 32.2. The van der Waals surface area contributed by atoms with Gasteiger partial charge in [-0.05, 0) is 50.3 Å². The average Bonchev–Trinajstić information content (AvgIpc) is 3.28. The molecule has 0 unspecified atom stereocenters. The van der Waals surface area contributed by atoms with Gasteiger partial charge in [0.2, 0.25) is 5.91 Å². The van der Waals surface area contributed by atoms with E-state index in [0.29, 0.717) is 33.3 Å². The summed E-state index contributed by atoms with van der Waals surface area (Å²) in [5, 5.41) is 6.48. The molecule has 0 saturated heterocycles. The van der Waals surface area contributed by atoms with Crippen LogP contribution in [-0.2, 0) is 14.8 Å². The molecule has 2 heterocycles. The van der Waals surface area contributed by atoms with Crippen LogP contribution >= 0.6 is 11.3 Å². The third-order valence-corrected chi connectivity index (χ3v) is 6.90. The summed E-state index contributed by atoms with van der Waals surface area (Å²) in [6.45, 7) is 4.50. The number of carbonyl (C=O) groups is 2. The highest BCUT2D eigenvalue weighted by molar-refractivity contribution is 7.94. The standard InChI is InChI=1S/C20H19N3O5S2/c1-12-20(21-14(3)25)18(28-22-12)9-7-17-8-10-19(29-17)30(26,27)23-16-6-4-5-15(11-16)13(2)24/h4-11,23H,1-3H3,(H,21,25). The molecule has 8 nitrogen and oxygen atoms in total. The van der Waals surface area contributed by atoms with E-state index in [9.17, 15) is 18.0 Å². The largest absolute Gasteiger partial charge is 0.354 e. The van der Waals surface area contributed by atoms with Crippen LogP contribution in [-0.4, -0.2) is 25.3 Å². The van der Waals surface area contributed by atoms with Crippen molar-refractivity contribution in [1.82, 2.24) is 5.16 Å². The maximum atomic E-state index is 12.7. The zero-order valence-electron chi connectivity index (χ0n) is 16.4. The van der Waals surface area contributed by atoms with E-state index in [4.69, 9.17) is 4.52 Å². The molecule has 2 aromatic heterocycles. The van der Waals surface area contributed by atoms with Gasteiger partial charge >= 0.3 is 0 Å². The van der Waals surface area contributed by atoms with Crippen molar-refractivity contribution in [2.45, 2.75) is 25.0 Å². The lowest BCUT2D eigenvalue weighted by molar-refractivity contribution is -0.114. The van der Waals surface area contributed by atoms with E-state index in [-0.39, 0.29) is 15.9 Å². The Morgan fingerprint density at radius 1 is 1.13 bits per heavy atom. The van der Waals surface area contributed by atoms with Crippen LogP contribution in [0, 0.1) is 6.92 Å². The third-order valence-electron chi connectivity index (χ3n) is 3.98. The number of aryl methyl sites for hydroxylation is 1. The molecule has 0 spiro atoms. The highest BCUT2D eigenvalue weighted by Gasteiger charge is 2.17. The molecule has 0 radical (unpaired) electrons. The second-order valence-electron chi connectivity index (χ2n) is 6.42. The fourth-order valence-corrected chi connectivity index (χ4v) is 4.84. The normalized spacial score (nSPS) is 11.6. The van der Waals surface area contributed by atoms with Crippen LogP contribution in [0.5, 0.6) is 0 Å². The summed E-state index contributed by atoms with van der Waals surface area (Å²) >= 11 is 1.06. The summed E-state index contributed by atoms with van der Waals surface area (Å²) < 4.78 is 33.1. The SMILES string of the molecule is CC(=O)Nc1c(C)noc1C=Cc1ccc(S(=O)(=O)Nc2cccc(C(C)=O)c2)s1. The van der Waals surface area contributed by atoms with E-state index >= 15 is 0 Å². The molecule has 1 amide bonds. The first-order chi connectivity index (χ1) is 14.2. The summed E-state index contributed by atoms with van der Waals surface area (Å²) in [6, 6.07) is 9.45. The molecule has 3 rings (SSSR count). The topological polar surface area (TPSA) is 118 Å². The quantitative estimate of drug-likeness (QED) is 0.527. The molecular weight excluding hydrogens is 426 g/mol. The number of hydrogen-bond donors (Lipinski definition) is 2. The van der Waals surface area contributed by atoms with Gasteiger partial charge in [-0.3, -0.25) is 14.3 Å². The number of benzene rings is 1. The first kappa shape index (κ1) is 21.5. The predicted octanol–water partition coefficient (Wildman–Crippen LogP) is 4.18. The van der Waals surface area contributed by atoms with Gasteiger partial charge in [-0.2, -0.15) is 0 Å². The molecule has 0 aliphatic heterocycles. The zero-order valence-corrected chi connectivity index (χ0v) is 18.1. The van der Waals surface area contributed by atoms with Gasteiger partial charge in [0.05, 0.1) is 0 Å². The third kappa shape index (κ3) is 5.02. The lowest BCUT2D eigenvalue weighted by Gasteiger charge is -2.07. The molecule has 10 heteroatoms. The van der Waals surface area contributed by atoms with Crippen molar-refractivity contribution in [3.05, 3.63) is 58.3 Å². The lowest BCUT2D eigenvalue weighted by atomic mass is 10.1. The number of amides is 1. The maximum Gasteiger partial charge on any atom is 0.271 e. The molecule has 3 aromatic rings. The molecule has 0 atom stereocenters. The van der Waals surface area contributed by atoms with Crippen LogP contribution in [0.4, 0.5) is 11.4 Å². The van der Waals surface area contributed by atoms with Crippen molar-refractivity contribution in [1.29, 1.82) is 0 Å². The van der Waals surface area contributed by atoms with Gasteiger partial charge in [0.25, 0.3) is 10.0 Å². The van der Waals surface area contributed by atoms with E-state index in [0.717, 1.165) is 11.3 Å². The minimum Gasteiger partial charge on any atom is -0.354 e. The van der Waals surface area contributed by atoms with Crippen molar-refractivity contribution >= 4 is 56.6 Å². The molecule has 30 heavy (non-hydrogen) atoms. The molecule has 0 saturated carbocycles. The fraction of sp³-hybridized carbons (Fsp3) is 0.150. The fourth-order valence-electron chi connectivity index (χ4n) is 2.56. The number of carbonyl (C=O) groups excluding carboxylic acids is 2. The van der Waals surface area contributed by atoms with Crippen molar-refractivity contribution < 1.29 is 22.5 Å². The molecule has 156 valence electrons. The number of aromatic nitrogens is 1. The van der Waals surface area contributed by atoms with Gasteiger partial charge in [-0.25, -0.2) is 8.42 Å². The second-order valence-corrected chi connectivity index (χ2v) is 9.45. The van der Waals surface area contributed by atoms with Gasteiger partial charge in [-0.15, -0.1) is 11.3 Å². The van der Waals surface area contributed by atoms with Crippen molar-refractivity contribution in [2.24, 2.45) is 0 Å². The lowest BCUT2D eigenvalue weighted by Crippen LogP contribution is -2.11. The van der Waals surface area contributed by atoms with E-state index in [1.807, 2.05) is 0 Å². The van der Waals surface area contributed by atoms with Crippen molar-refractivity contribution in [3.8, 4) is 0 Å². The number of Topliss-reactive ketones (excluding diaryl/α,β-unsaturated/α-hetero) is 1. The van der Waals surface area contributed by atoms with Gasteiger partial charge in [0, 0.05) is 23.1 Å². The molecule has 0 fully saturated rings. The Labute approximate surface area is 177 Å². The minimum atomic E-state index is -3.81. The number of ketones is 1. The van der Waals surface area contributed by atoms with Crippen molar-refractivity contribution in [3.63, 3.8) is 0 Å². The number of anilines is 2. The molecule has 1 aromatic carbocycles. The number of sulfonamides is 1.